The van der Waals surface area contributed by atoms with Gasteiger partial charge in [-0.1, -0.05) is 24.3 Å². The molecule has 1 N–H and O–H groups in total. The molecule has 94 valence electrons. The van der Waals surface area contributed by atoms with Gasteiger partial charge < -0.3 is 5.11 Å². The van der Waals surface area contributed by atoms with Crippen LogP contribution in [0.4, 0.5) is 0 Å². The van der Waals surface area contributed by atoms with E-state index in [0.29, 0.717) is 11.3 Å². The van der Waals surface area contributed by atoms with Crippen LogP contribution in [0.3, 0.4) is 0 Å². The first-order valence-electron chi connectivity index (χ1n) is 5.77. The number of nitrogens with zero attached hydrogens (tertiary/aromatic N) is 3. The molecule has 0 unspecified atom stereocenters. The molecule has 0 amide bonds. The molecular formula is C14H11N3O2. The molecular weight excluding hydrogens is 242 g/mol. The third kappa shape index (κ3) is 1.85. The second-order valence-corrected chi connectivity index (χ2v) is 4.25. The number of hydrogen-bond acceptors (Lipinski definition) is 3. The van der Waals surface area contributed by atoms with Crippen LogP contribution in [0.1, 0.15) is 10.5 Å². The topological polar surface area (TPSA) is 68.0 Å². The number of fused-ring (bicyclic) bond motifs is 1. The van der Waals surface area contributed by atoms with Crippen LogP contribution < -0.4 is 0 Å². The maximum atomic E-state index is 11.3. The zero-order valence-electron chi connectivity index (χ0n) is 10.2. The molecule has 0 atom stereocenters. The number of carboxylic acid groups (broad SMARTS) is 1. The number of aromatic nitrogens is 3. The highest BCUT2D eigenvalue weighted by Gasteiger charge is 2.18. The first-order chi connectivity index (χ1) is 9.16. The summed E-state index contributed by atoms with van der Waals surface area (Å²) in [7, 11) is 1.61. The van der Waals surface area contributed by atoms with E-state index in [0.717, 1.165) is 10.8 Å². The van der Waals surface area contributed by atoms with Gasteiger partial charge in [0, 0.05) is 18.6 Å². The Kier molecular flexibility index (Phi) is 2.52. The highest BCUT2D eigenvalue weighted by Crippen LogP contribution is 2.24. The van der Waals surface area contributed by atoms with Crippen molar-refractivity contribution in [3.05, 3.63) is 48.4 Å². The summed E-state index contributed by atoms with van der Waals surface area (Å²) >= 11 is 0. The molecule has 0 bridgehead atoms. The maximum absolute atomic E-state index is 11.3. The number of hydrogen-bond donors (Lipinski definition) is 1. The van der Waals surface area contributed by atoms with E-state index in [1.54, 1.807) is 13.2 Å². The molecule has 19 heavy (non-hydrogen) atoms. The normalized spacial score (nSPS) is 10.8. The lowest BCUT2D eigenvalue weighted by Crippen LogP contribution is -2.07. The monoisotopic (exact) mass is 253 g/mol. The molecule has 2 aromatic heterocycles. The molecule has 3 rings (SSSR count). The number of carbonyl (C=O) groups is 1. The Bertz CT molecular complexity index is 777. The van der Waals surface area contributed by atoms with Crippen LogP contribution in [-0.4, -0.2) is 25.8 Å². The second-order valence-electron chi connectivity index (χ2n) is 4.25. The zero-order chi connectivity index (χ0) is 13.4. The van der Waals surface area contributed by atoms with E-state index < -0.39 is 5.97 Å². The van der Waals surface area contributed by atoms with Crippen LogP contribution >= 0.6 is 0 Å². The fourth-order valence-electron chi connectivity index (χ4n) is 2.11. The molecule has 5 nitrogen and oxygen atoms in total. The minimum absolute atomic E-state index is 0.141. The Morgan fingerprint density at radius 3 is 2.68 bits per heavy atom. The number of carboxylic acids is 1. The Hall–Kier alpha value is -2.69. The Morgan fingerprint density at radius 1 is 1.21 bits per heavy atom. The van der Waals surface area contributed by atoms with E-state index in [2.05, 4.69) is 10.1 Å². The number of pyridine rings is 1. The highest BCUT2D eigenvalue weighted by molar-refractivity contribution is 5.95. The summed E-state index contributed by atoms with van der Waals surface area (Å²) in [4.78, 5) is 15.6. The van der Waals surface area contributed by atoms with Crippen LogP contribution in [0.25, 0.3) is 22.0 Å². The molecule has 1 aromatic carbocycles. The highest BCUT2D eigenvalue weighted by atomic mass is 16.4. The van der Waals surface area contributed by atoms with Crippen LogP contribution in [0.15, 0.2) is 42.7 Å². The summed E-state index contributed by atoms with van der Waals surface area (Å²) in [6.45, 7) is 0. The number of aryl methyl sites for hydroxylation is 1. The van der Waals surface area contributed by atoms with Crippen molar-refractivity contribution >= 4 is 16.7 Å². The number of aromatic carboxylic acids is 1. The zero-order valence-corrected chi connectivity index (χ0v) is 10.2. The quantitative estimate of drug-likeness (QED) is 0.761. The first-order valence-corrected chi connectivity index (χ1v) is 5.77. The summed E-state index contributed by atoms with van der Waals surface area (Å²) < 4.78 is 1.34. The van der Waals surface area contributed by atoms with E-state index >= 15 is 0 Å². The standard InChI is InChI=1S/C14H11N3O2/c1-17-13(14(18)19)11(8-16-17)12-6-9-4-2-3-5-10(9)7-15-12/h2-8H,1H3,(H,18,19). The van der Waals surface area contributed by atoms with Gasteiger partial charge in [-0.3, -0.25) is 9.67 Å². The number of rotatable bonds is 2. The van der Waals surface area contributed by atoms with Crippen molar-refractivity contribution in [1.29, 1.82) is 0 Å². The van der Waals surface area contributed by atoms with Crippen LogP contribution in [0, 0.1) is 0 Å². The fraction of sp³-hybridized carbons (Fsp3) is 0.0714. The lowest BCUT2D eigenvalue weighted by Gasteiger charge is -2.03. The summed E-state index contributed by atoms with van der Waals surface area (Å²) in [5.74, 6) is -1.01. The number of benzene rings is 1. The van der Waals surface area contributed by atoms with E-state index in [9.17, 15) is 9.90 Å². The molecule has 0 saturated carbocycles. The van der Waals surface area contributed by atoms with Gasteiger partial charge in [-0.25, -0.2) is 4.79 Å². The van der Waals surface area contributed by atoms with Crippen molar-refractivity contribution in [3.63, 3.8) is 0 Å². The van der Waals surface area contributed by atoms with Gasteiger partial charge in [0.1, 0.15) is 0 Å². The average molecular weight is 253 g/mol. The van der Waals surface area contributed by atoms with Crippen molar-refractivity contribution in [1.82, 2.24) is 14.8 Å². The SMILES string of the molecule is Cn1ncc(-c2cc3ccccc3cn2)c1C(=O)O. The maximum Gasteiger partial charge on any atom is 0.354 e. The van der Waals surface area contributed by atoms with Crippen molar-refractivity contribution in [2.24, 2.45) is 7.05 Å². The summed E-state index contributed by atoms with van der Waals surface area (Å²) in [6.07, 6.45) is 3.27. The van der Waals surface area contributed by atoms with Crippen LogP contribution in [-0.2, 0) is 7.05 Å². The van der Waals surface area contributed by atoms with Crippen LogP contribution in [0.5, 0.6) is 0 Å². The van der Waals surface area contributed by atoms with Crippen molar-refractivity contribution in [2.45, 2.75) is 0 Å². The predicted octanol–water partition coefficient (Wildman–Crippen LogP) is 2.33. The van der Waals surface area contributed by atoms with Gasteiger partial charge in [-0.05, 0) is 11.5 Å². The molecule has 0 saturated heterocycles. The molecule has 2 heterocycles. The molecule has 0 aliphatic rings. The van der Waals surface area contributed by atoms with Crippen molar-refractivity contribution in [2.75, 3.05) is 0 Å². The largest absolute Gasteiger partial charge is 0.477 e. The molecule has 0 aliphatic carbocycles. The molecule has 5 heteroatoms. The fourth-order valence-corrected chi connectivity index (χ4v) is 2.11. The van der Waals surface area contributed by atoms with Gasteiger partial charge in [-0.15, -0.1) is 0 Å². The molecule has 0 fully saturated rings. The Balaban J connectivity index is 2.22. The lowest BCUT2D eigenvalue weighted by atomic mass is 10.1. The summed E-state index contributed by atoms with van der Waals surface area (Å²) in [6, 6.07) is 9.69. The predicted molar refractivity (Wildman–Crippen MR) is 70.9 cm³/mol. The van der Waals surface area contributed by atoms with Crippen molar-refractivity contribution in [3.8, 4) is 11.3 Å². The molecule has 3 aromatic rings. The van der Waals surface area contributed by atoms with Gasteiger partial charge in [-0.2, -0.15) is 5.10 Å². The Morgan fingerprint density at radius 2 is 1.95 bits per heavy atom. The van der Waals surface area contributed by atoms with Gasteiger partial charge in [0.25, 0.3) is 0 Å². The minimum atomic E-state index is -1.01. The smallest absolute Gasteiger partial charge is 0.354 e. The van der Waals surface area contributed by atoms with Gasteiger partial charge >= 0.3 is 5.97 Å². The second kappa shape index (κ2) is 4.20. The average Bonchev–Trinajstić information content (AvgIpc) is 2.80. The molecule has 0 spiro atoms. The van der Waals surface area contributed by atoms with Gasteiger partial charge in [0.05, 0.1) is 17.5 Å². The third-order valence-electron chi connectivity index (χ3n) is 3.05. The van der Waals surface area contributed by atoms with Crippen LogP contribution in [0.2, 0.25) is 0 Å². The Labute approximate surface area is 109 Å². The van der Waals surface area contributed by atoms with E-state index in [1.807, 2.05) is 30.3 Å². The third-order valence-corrected chi connectivity index (χ3v) is 3.05. The van der Waals surface area contributed by atoms with E-state index in [-0.39, 0.29) is 5.69 Å². The van der Waals surface area contributed by atoms with E-state index in [4.69, 9.17) is 0 Å². The van der Waals surface area contributed by atoms with Gasteiger partial charge in [0.15, 0.2) is 5.69 Å². The van der Waals surface area contributed by atoms with E-state index in [1.165, 1.54) is 10.9 Å². The van der Waals surface area contributed by atoms with Crippen molar-refractivity contribution < 1.29 is 9.90 Å². The minimum Gasteiger partial charge on any atom is -0.477 e. The summed E-state index contributed by atoms with van der Waals surface area (Å²) in [5.41, 5.74) is 1.28. The molecule has 0 radical (unpaired) electrons. The molecule has 0 aliphatic heterocycles. The summed E-state index contributed by atoms with van der Waals surface area (Å²) in [5, 5.41) is 15.3. The van der Waals surface area contributed by atoms with Gasteiger partial charge in [0.2, 0.25) is 0 Å². The lowest BCUT2D eigenvalue weighted by molar-refractivity contribution is 0.0686. The first kappa shape index (κ1) is 11.4.